The molecule has 2 amide bonds. The highest BCUT2D eigenvalue weighted by Crippen LogP contribution is 2.34. The number of aryl methyl sites for hydroxylation is 1. The second kappa shape index (κ2) is 13.3. The lowest BCUT2D eigenvalue weighted by atomic mass is 10.2. The van der Waals surface area contributed by atoms with Gasteiger partial charge in [0.15, 0.2) is 17.6 Å². The molecule has 41 heavy (non-hydrogen) atoms. The molecular weight excluding hydrogens is 602 g/mol. The van der Waals surface area contributed by atoms with Crippen LogP contribution in [0.25, 0.3) is 5.69 Å². The first-order valence-corrected chi connectivity index (χ1v) is 13.7. The topological polar surface area (TPSA) is 98.1 Å². The Labute approximate surface area is 247 Å². The van der Waals surface area contributed by atoms with Gasteiger partial charge in [0.2, 0.25) is 5.91 Å². The van der Waals surface area contributed by atoms with Gasteiger partial charge in [-0.3, -0.25) is 14.2 Å². The number of amides is 2. The molecule has 1 heterocycles. The summed E-state index contributed by atoms with van der Waals surface area (Å²) in [6.45, 7) is 1.68. The van der Waals surface area contributed by atoms with Crippen LogP contribution >= 0.6 is 35.0 Å². The van der Waals surface area contributed by atoms with Crippen LogP contribution in [0.15, 0.2) is 71.9 Å². The predicted octanol–water partition coefficient (Wildman–Crippen LogP) is 6.33. The molecule has 0 aliphatic heterocycles. The number of benzene rings is 3. The fraction of sp³-hybridized carbons (Fsp3) is 0.185. The largest absolute Gasteiger partial charge is 0.484 e. The summed E-state index contributed by atoms with van der Waals surface area (Å²) in [6, 6.07) is 16.7. The Bertz CT molecular complexity index is 1550. The van der Waals surface area contributed by atoms with E-state index in [0.29, 0.717) is 27.4 Å². The zero-order chi connectivity index (χ0) is 29.6. The molecule has 3 aromatic carbocycles. The molecule has 214 valence electrons. The van der Waals surface area contributed by atoms with E-state index in [-0.39, 0.29) is 29.6 Å². The molecule has 1 aromatic heterocycles. The molecule has 0 saturated heterocycles. The van der Waals surface area contributed by atoms with E-state index < -0.39 is 23.6 Å². The van der Waals surface area contributed by atoms with Crippen LogP contribution in [0.1, 0.15) is 17.0 Å². The minimum Gasteiger partial charge on any atom is -0.484 e. The standard InChI is InChI=1S/C27H22Cl2F3N5O3S/c1-16-3-2-4-19(11-16)37-23(13-33-24(38)14-40-20-8-6-18(28)7-9-20)35-36-26(37)41-15-25(39)34-22-12-17(27(30,31)32)5-10-21(22)29/h2-12H,13-15H2,1H3,(H,33,38)(H,34,39). The number of ether oxygens (including phenoxy) is 1. The Morgan fingerprint density at radius 1 is 1.00 bits per heavy atom. The monoisotopic (exact) mass is 623 g/mol. The number of nitrogens with zero attached hydrogens (tertiary/aromatic N) is 3. The Kier molecular flexibility index (Phi) is 9.79. The molecule has 14 heteroatoms. The van der Waals surface area contributed by atoms with E-state index in [9.17, 15) is 22.8 Å². The van der Waals surface area contributed by atoms with Crippen molar-refractivity contribution in [3.63, 3.8) is 0 Å². The van der Waals surface area contributed by atoms with Gasteiger partial charge in [-0.25, -0.2) is 0 Å². The highest BCUT2D eigenvalue weighted by atomic mass is 35.5. The number of anilines is 1. The summed E-state index contributed by atoms with van der Waals surface area (Å²) in [5.74, 6) is -0.317. The Balaban J connectivity index is 1.44. The second-order valence-electron chi connectivity index (χ2n) is 8.62. The zero-order valence-corrected chi connectivity index (χ0v) is 23.7. The SMILES string of the molecule is Cc1cccc(-n2c(CNC(=O)COc3ccc(Cl)cc3)nnc2SCC(=O)Nc2cc(C(F)(F)F)ccc2Cl)c1. The minimum atomic E-state index is -4.59. The zero-order valence-electron chi connectivity index (χ0n) is 21.3. The maximum absolute atomic E-state index is 13.1. The van der Waals surface area contributed by atoms with Crippen LogP contribution in [0.4, 0.5) is 18.9 Å². The predicted molar refractivity (Wildman–Crippen MR) is 151 cm³/mol. The Hall–Kier alpha value is -3.74. The van der Waals surface area contributed by atoms with Gasteiger partial charge >= 0.3 is 6.18 Å². The summed E-state index contributed by atoms with van der Waals surface area (Å²) in [5.41, 5.74) is 0.557. The van der Waals surface area contributed by atoms with Crippen molar-refractivity contribution >= 4 is 52.5 Å². The quantitative estimate of drug-likeness (QED) is 0.200. The van der Waals surface area contributed by atoms with E-state index in [0.717, 1.165) is 35.5 Å². The highest BCUT2D eigenvalue weighted by molar-refractivity contribution is 7.99. The molecule has 0 aliphatic rings. The summed E-state index contributed by atoms with van der Waals surface area (Å²) in [5, 5.41) is 14.3. The van der Waals surface area contributed by atoms with Crippen molar-refractivity contribution in [3.8, 4) is 11.4 Å². The van der Waals surface area contributed by atoms with E-state index in [1.54, 1.807) is 28.8 Å². The molecule has 8 nitrogen and oxygen atoms in total. The molecule has 0 aliphatic carbocycles. The molecule has 0 fully saturated rings. The first kappa shape index (κ1) is 30.2. The molecule has 0 unspecified atom stereocenters. The van der Waals surface area contributed by atoms with Gasteiger partial charge < -0.3 is 15.4 Å². The lowest BCUT2D eigenvalue weighted by molar-refractivity contribution is -0.137. The van der Waals surface area contributed by atoms with E-state index in [1.807, 2.05) is 31.2 Å². The fourth-order valence-corrected chi connectivity index (χ4v) is 4.62. The summed E-state index contributed by atoms with van der Waals surface area (Å²) >= 11 is 12.9. The van der Waals surface area contributed by atoms with Crippen molar-refractivity contribution < 1.29 is 27.5 Å². The lowest BCUT2D eigenvalue weighted by Gasteiger charge is -2.13. The molecule has 0 bridgehead atoms. The van der Waals surface area contributed by atoms with Gasteiger partial charge in [-0.2, -0.15) is 13.2 Å². The number of carbonyl (C=O) groups excluding carboxylic acids is 2. The number of halogens is 5. The smallest absolute Gasteiger partial charge is 0.416 e. The number of hydrogen-bond donors (Lipinski definition) is 2. The van der Waals surface area contributed by atoms with E-state index in [2.05, 4.69) is 20.8 Å². The maximum atomic E-state index is 13.1. The molecule has 0 saturated carbocycles. The van der Waals surface area contributed by atoms with Gasteiger partial charge in [-0.05, 0) is 67.1 Å². The normalized spacial score (nSPS) is 11.3. The molecule has 0 radical (unpaired) electrons. The van der Waals surface area contributed by atoms with Gasteiger partial charge in [0.25, 0.3) is 5.91 Å². The van der Waals surface area contributed by atoms with Crippen LogP contribution in [0.3, 0.4) is 0 Å². The van der Waals surface area contributed by atoms with E-state index in [1.165, 1.54) is 0 Å². The van der Waals surface area contributed by atoms with Gasteiger partial charge in [-0.15, -0.1) is 10.2 Å². The third kappa shape index (κ3) is 8.38. The molecule has 4 aromatic rings. The van der Waals surface area contributed by atoms with Crippen molar-refractivity contribution in [2.75, 3.05) is 17.7 Å². The van der Waals surface area contributed by atoms with Crippen LogP contribution in [-0.4, -0.2) is 38.9 Å². The number of thioether (sulfide) groups is 1. The van der Waals surface area contributed by atoms with Crippen LogP contribution in [0, 0.1) is 6.92 Å². The van der Waals surface area contributed by atoms with Crippen molar-refractivity contribution in [1.82, 2.24) is 20.1 Å². The van der Waals surface area contributed by atoms with Gasteiger partial charge in [-0.1, -0.05) is 47.1 Å². The average molecular weight is 624 g/mol. The lowest BCUT2D eigenvalue weighted by Crippen LogP contribution is -2.29. The number of alkyl halides is 3. The molecule has 2 N–H and O–H groups in total. The van der Waals surface area contributed by atoms with Gasteiger partial charge in [0.05, 0.1) is 28.6 Å². The van der Waals surface area contributed by atoms with Crippen molar-refractivity contribution in [2.24, 2.45) is 0 Å². The van der Waals surface area contributed by atoms with Crippen LogP contribution < -0.4 is 15.4 Å². The summed E-state index contributed by atoms with van der Waals surface area (Å²) in [7, 11) is 0. The third-order valence-electron chi connectivity index (χ3n) is 5.49. The molecule has 0 atom stereocenters. The maximum Gasteiger partial charge on any atom is 0.416 e. The number of rotatable bonds is 10. The fourth-order valence-electron chi connectivity index (χ4n) is 3.56. The van der Waals surface area contributed by atoms with Crippen molar-refractivity contribution in [2.45, 2.75) is 24.8 Å². The number of aromatic nitrogens is 3. The van der Waals surface area contributed by atoms with Gasteiger partial charge in [0.1, 0.15) is 5.75 Å². The van der Waals surface area contributed by atoms with Crippen molar-refractivity contribution in [3.05, 3.63) is 93.7 Å². The van der Waals surface area contributed by atoms with E-state index in [4.69, 9.17) is 27.9 Å². The molecule has 4 rings (SSSR count). The van der Waals surface area contributed by atoms with E-state index >= 15 is 0 Å². The van der Waals surface area contributed by atoms with Crippen LogP contribution in [0.5, 0.6) is 5.75 Å². The number of carbonyl (C=O) groups is 2. The Morgan fingerprint density at radius 3 is 2.46 bits per heavy atom. The second-order valence-corrected chi connectivity index (χ2v) is 10.4. The summed E-state index contributed by atoms with van der Waals surface area (Å²) in [6.07, 6.45) is -4.59. The number of nitrogens with one attached hydrogen (secondary N) is 2. The summed E-state index contributed by atoms with van der Waals surface area (Å²) < 4.78 is 46.4. The average Bonchev–Trinajstić information content (AvgIpc) is 3.34. The van der Waals surface area contributed by atoms with Crippen molar-refractivity contribution in [1.29, 1.82) is 0 Å². The Morgan fingerprint density at radius 2 is 1.76 bits per heavy atom. The highest BCUT2D eigenvalue weighted by Gasteiger charge is 2.31. The first-order valence-electron chi connectivity index (χ1n) is 12.0. The molecular formula is C27H22Cl2F3N5O3S. The van der Waals surface area contributed by atoms with Gasteiger partial charge in [0, 0.05) is 10.7 Å². The minimum absolute atomic E-state index is 0.0103. The third-order valence-corrected chi connectivity index (χ3v) is 7.00. The molecule has 0 spiro atoms. The first-order chi connectivity index (χ1) is 19.5. The van der Waals surface area contributed by atoms with Crippen LogP contribution in [-0.2, 0) is 22.3 Å². The number of hydrogen-bond acceptors (Lipinski definition) is 6. The van der Waals surface area contributed by atoms with Crippen LogP contribution in [0.2, 0.25) is 10.0 Å². The summed E-state index contributed by atoms with van der Waals surface area (Å²) in [4.78, 5) is 25.0.